The van der Waals surface area contributed by atoms with Crippen LogP contribution in [0.2, 0.25) is 0 Å². The molecule has 0 aliphatic carbocycles. The van der Waals surface area contributed by atoms with Gasteiger partial charge in [-0.15, -0.1) is 0 Å². The average molecular weight is 610 g/mol. The van der Waals surface area contributed by atoms with Gasteiger partial charge in [-0.3, -0.25) is 9.59 Å². The summed E-state index contributed by atoms with van der Waals surface area (Å²) in [6.45, 7) is 4.62. The lowest BCUT2D eigenvalue weighted by atomic mass is 10.0. The molecule has 0 bridgehead atoms. The quantitative estimate of drug-likeness (QED) is 0.263. The van der Waals surface area contributed by atoms with Gasteiger partial charge in [0.15, 0.2) is 6.61 Å². The molecular formula is C32H39N3O7S. The molecule has 0 unspecified atom stereocenters. The van der Waals surface area contributed by atoms with Crippen molar-refractivity contribution in [1.29, 1.82) is 0 Å². The van der Waals surface area contributed by atoms with Crippen molar-refractivity contribution in [3.8, 4) is 5.75 Å². The zero-order chi connectivity index (χ0) is 30.5. The van der Waals surface area contributed by atoms with Crippen molar-refractivity contribution < 1.29 is 32.2 Å². The first-order chi connectivity index (χ1) is 20.9. The van der Waals surface area contributed by atoms with E-state index in [4.69, 9.17) is 14.2 Å². The highest BCUT2D eigenvalue weighted by molar-refractivity contribution is 7.89. The molecule has 10 nitrogen and oxygen atoms in total. The number of carbonyl (C=O) groups excluding carboxylic acids is 2. The zero-order valence-corrected chi connectivity index (χ0v) is 25.2. The molecule has 1 heterocycles. The molecule has 1 N–H and O–H groups in total. The fourth-order valence-corrected chi connectivity index (χ4v) is 6.12. The van der Waals surface area contributed by atoms with Gasteiger partial charge >= 0.3 is 0 Å². The molecular weight excluding hydrogens is 570 g/mol. The summed E-state index contributed by atoms with van der Waals surface area (Å²) in [6, 6.07) is 23.7. The maximum absolute atomic E-state index is 13.8. The highest BCUT2D eigenvalue weighted by Gasteiger charge is 2.32. The van der Waals surface area contributed by atoms with Gasteiger partial charge in [-0.1, -0.05) is 60.7 Å². The van der Waals surface area contributed by atoms with Crippen LogP contribution in [0.5, 0.6) is 5.75 Å². The molecule has 1 saturated heterocycles. The Morgan fingerprint density at radius 3 is 2.26 bits per heavy atom. The van der Waals surface area contributed by atoms with Crippen LogP contribution in [-0.4, -0.2) is 82.1 Å². The van der Waals surface area contributed by atoms with E-state index in [1.54, 1.807) is 0 Å². The Balaban J connectivity index is 1.51. The molecule has 0 radical (unpaired) electrons. The minimum absolute atomic E-state index is 0.143. The molecule has 230 valence electrons. The van der Waals surface area contributed by atoms with Crippen molar-refractivity contribution in [1.82, 2.24) is 14.5 Å². The number of rotatable bonds is 15. The summed E-state index contributed by atoms with van der Waals surface area (Å²) in [5, 5.41) is 2.96. The zero-order valence-electron chi connectivity index (χ0n) is 24.4. The van der Waals surface area contributed by atoms with Crippen LogP contribution in [-0.2, 0) is 35.6 Å². The van der Waals surface area contributed by atoms with Gasteiger partial charge in [0.2, 0.25) is 15.9 Å². The van der Waals surface area contributed by atoms with Crippen molar-refractivity contribution in [2.24, 2.45) is 0 Å². The van der Waals surface area contributed by atoms with Gasteiger partial charge in [-0.2, -0.15) is 4.31 Å². The molecule has 2 amide bonds. The minimum Gasteiger partial charge on any atom is -0.484 e. The van der Waals surface area contributed by atoms with Crippen LogP contribution in [0.4, 0.5) is 0 Å². The number of morpholine rings is 1. The Kier molecular flexibility index (Phi) is 12.1. The number of nitrogens with one attached hydrogen (secondary N) is 1. The monoisotopic (exact) mass is 609 g/mol. The number of hydrogen-bond acceptors (Lipinski definition) is 7. The lowest BCUT2D eigenvalue weighted by Gasteiger charge is -2.31. The lowest BCUT2D eigenvalue weighted by Crippen LogP contribution is -2.45. The number of ether oxygens (including phenoxy) is 3. The normalized spacial score (nSPS) is 14.5. The topological polar surface area (TPSA) is 114 Å². The third-order valence-corrected chi connectivity index (χ3v) is 8.87. The number of benzene rings is 3. The second-order valence-corrected chi connectivity index (χ2v) is 11.9. The molecule has 3 aromatic carbocycles. The molecule has 1 aliphatic rings. The van der Waals surface area contributed by atoms with Gasteiger partial charge in [0.25, 0.3) is 5.91 Å². The average Bonchev–Trinajstić information content (AvgIpc) is 3.05. The summed E-state index contributed by atoms with van der Waals surface area (Å²) >= 11 is 0. The summed E-state index contributed by atoms with van der Waals surface area (Å²) in [5.74, 6) is -0.359. The molecule has 3 aromatic rings. The van der Waals surface area contributed by atoms with Crippen LogP contribution in [0.3, 0.4) is 0 Å². The van der Waals surface area contributed by atoms with Crippen molar-refractivity contribution >= 4 is 21.8 Å². The van der Waals surface area contributed by atoms with E-state index in [9.17, 15) is 18.0 Å². The fraction of sp³-hybridized carbons (Fsp3) is 0.375. The minimum atomic E-state index is -3.65. The molecule has 0 saturated carbocycles. The molecule has 4 rings (SSSR count). The van der Waals surface area contributed by atoms with E-state index in [1.165, 1.54) is 33.5 Å². The Bertz CT molecular complexity index is 1400. The standard InChI is InChI=1S/C32H39N3O7S/c1-2-40-21-9-18-33-32(37)31(27-12-7-4-8-13-27)35(24-26-10-5-3-6-11-26)30(36)25-42-28-14-16-29(17-15-28)43(38,39)34-19-22-41-23-20-34/h3-8,10-17,31H,2,9,18-25H2,1H3,(H,33,37)/t31-/m0/s1. The first-order valence-electron chi connectivity index (χ1n) is 14.4. The Labute approximate surface area is 253 Å². The Morgan fingerprint density at radius 2 is 1.60 bits per heavy atom. The third kappa shape index (κ3) is 9.11. The van der Waals surface area contributed by atoms with E-state index in [0.29, 0.717) is 63.8 Å². The second kappa shape index (κ2) is 16.2. The van der Waals surface area contributed by atoms with Crippen molar-refractivity contribution in [3.05, 3.63) is 96.1 Å². The number of hydrogen-bond donors (Lipinski definition) is 1. The second-order valence-electron chi connectivity index (χ2n) is 9.94. The summed E-state index contributed by atoms with van der Waals surface area (Å²) in [5.41, 5.74) is 1.53. The van der Waals surface area contributed by atoms with E-state index in [-0.39, 0.29) is 24.0 Å². The van der Waals surface area contributed by atoms with Crippen molar-refractivity contribution in [2.75, 3.05) is 52.7 Å². The highest BCUT2D eigenvalue weighted by atomic mass is 32.2. The van der Waals surface area contributed by atoms with E-state index in [1.807, 2.05) is 67.6 Å². The molecule has 0 spiro atoms. The summed E-state index contributed by atoms with van der Waals surface area (Å²) in [4.78, 5) is 29.0. The number of amides is 2. The Hall–Kier alpha value is -3.77. The summed E-state index contributed by atoms with van der Waals surface area (Å²) in [6.07, 6.45) is 0.647. The SMILES string of the molecule is CCOCCCNC(=O)[C@H](c1ccccc1)N(Cc1ccccc1)C(=O)COc1ccc(S(=O)(=O)N2CCOCC2)cc1. The predicted molar refractivity (Wildman–Crippen MR) is 162 cm³/mol. The Morgan fingerprint density at radius 1 is 0.953 bits per heavy atom. The number of carbonyl (C=O) groups is 2. The van der Waals surface area contributed by atoms with E-state index in [0.717, 1.165) is 5.56 Å². The number of sulfonamides is 1. The van der Waals surface area contributed by atoms with Crippen molar-refractivity contribution in [3.63, 3.8) is 0 Å². The molecule has 0 aromatic heterocycles. The third-order valence-electron chi connectivity index (χ3n) is 6.95. The van der Waals surface area contributed by atoms with Gasteiger partial charge in [0.1, 0.15) is 11.8 Å². The molecule has 1 aliphatic heterocycles. The van der Waals surface area contributed by atoms with Crippen LogP contribution in [0.1, 0.15) is 30.5 Å². The molecule has 1 fully saturated rings. The van der Waals surface area contributed by atoms with Gasteiger partial charge in [0, 0.05) is 39.4 Å². The summed E-state index contributed by atoms with van der Waals surface area (Å²) < 4.78 is 43.8. The maximum atomic E-state index is 13.8. The molecule has 1 atom stereocenters. The molecule has 11 heteroatoms. The maximum Gasteiger partial charge on any atom is 0.261 e. The lowest BCUT2D eigenvalue weighted by molar-refractivity contribution is -0.143. The van der Waals surface area contributed by atoms with E-state index >= 15 is 0 Å². The molecule has 43 heavy (non-hydrogen) atoms. The van der Waals surface area contributed by atoms with E-state index in [2.05, 4.69) is 5.32 Å². The largest absolute Gasteiger partial charge is 0.484 e. The number of nitrogens with zero attached hydrogens (tertiary/aromatic N) is 2. The van der Waals surface area contributed by atoms with Crippen LogP contribution in [0.15, 0.2) is 89.8 Å². The van der Waals surface area contributed by atoms with E-state index < -0.39 is 22.0 Å². The van der Waals surface area contributed by atoms with Crippen LogP contribution >= 0.6 is 0 Å². The van der Waals surface area contributed by atoms with Crippen LogP contribution in [0.25, 0.3) is 0 Å². The van der Waals surface area contributed by atoms with Crippen LogP contribution < -0.4 is 10.1 Å². The first kappa shape index (κ1) is 32.2. The van der Waals surface area contributed by atoms with Gasteiger partial charge in [-0.25, -0.2) is 8.42 Å². The van der Waals surface area contributed by atoms with Crippen LogP contribution in [0, 0.1) is 0 Å². The predicted octanol–water partition coefficient (Wildman–Crippen LogP) is 3.40. The van der Waals surface area contributed by atoms with Gasteiger partial charge in [-0.05, 0) is 48.7 Å². The smallest absolute Gasteiger partial charge is 0.261 e. The van der Waals surface area contributed by atoms with Gasteiger partial charge in [0.05, 0.1) is 18.1 Å². The highest BCUT2D eigenvalue weighted by Crippen LogP contribution is 2.25. The summed E-state index contributed by atoms with van der Waals surface area (Å²) in [7, 11) is -3.65. The van der Waals surface area contributed by atoms with Crippen molar-refractivity contribution in [2.45, 2.75) is 30.8 Å². The van der Waals surface area contributed by atoms with Gasteiger partial charge < -0.3 is 24.4 Å². The first-order valence-corrected chi connectivity index (χ1v) is 15.9. The fourth-order valence-electron chi connectivity index (χ4n) is 4.71.